The number of anilines is 2. The van der Waals surface area contributed by atoms with Gasteiger partial charge in [-0.15, -0.1) is 0 Å². The van der Waals surface area contributed by atoms with Crippen LogP contribution in [0.25, 0.3) is 0 Å². The number of benzene rings is 1. The molecule has 7 nitrogen and oxygen atoms in total. The van der Waals surface area contributed by atoms with Gasteiger partial charge in [-0.1, -0.05) is 6.07 Å². The Labute approximate surface area is 189 Å². The molecule has 1 aromatic heterocycles. The van der Waals surface area contributed by atoms with Gasteiger partial charge in [0.25, 0.3) is 0 Å². The molecule has 32 heavy (non-hydrogen) atoms. The Morgan fingerprint density at radius 2 is 1.97 bits per heavy atom. The number of hydrogen-bond donors (Lipinski definition) is 2. The van der Waals surface area contributed by atoms with Crippen LogP contribution in [-0.2, 0) is 16.0 Å². The minimum absolute atomic E-state index is 0.0819. The van der Waals surface area contributed by atoms with Crippen LogP contribution in [0.2, 0.25) is 0 Å². The molecule has 1 saturated carbocycles. The molecule has 2 heterocycles. The van der Waals surface area contributed by atoms with Crippen molar-refractivity contribution in [2.24, 2.45) is 17.8 Å². The van der Waals surface area contributed by atoms with Gasteiger partial charge in [0.05, 0.1) is 25.0 Å². The van der Waals surface area contributed by atoms with Crippen LogP contribution in [0.4, 0.5) is 11.4 Å². The van der Waals surface area contributed by atoms with Crippen molar-refractivity contribution in [1.82, 2.24) is 9.88 Å². The van der Waals surface area contributed by atoms with Crippen LogP contribution in [0.1, 0.15) is 31.0 Å². The maximum atomic E-state index is 12.8. The number of amides is 2. The summed E-state index contributed by atoms with van der Waals surface area (Å²) in [6.45, 7) is 5.77. The molecule has 0 bridgehead atoms. The highest BCUT2D eigenvalue weighted by Crippen LogP contribution is 2.43. The van der Waals surface area contributed by atoms with Crippen LogP contribution in [0.5, 0.6) is 5.75 Å². The molecular weight excluding hydrogens is 404 g/mol. The summed E-state index contributed by atoms with van der Waals surface area (Å²) in [5.74, 6) is 2.27. The van der Waals surface area contributed by atoms with Crippen LogP contribution in [0.3, 0.4) is 0 Å². The minimum Gasteiger partial charge on any atom is -0.497 e. The van der Waals surface area contributed by atoms with Gasteiger partial charge in [-0.25, -0.2) is 0 Å². The molecule has 2 amide bonds. The van der Waals surface area contributed by atoms with Gasteiger partial charge in [0.2, 0.25) is 11.8 Å². The summed E-state index contributed by atoms with van der Waals surface area (Å²) in [7, 11) is 1.57. The molecule has 4 rings (SSSR count). The molecule has 1 aliphatic heterocycles. The third kappa shape index (κ3) is 5.27. The number of hydrogen-bond acceptors (Lipinski definition) is 5. The molecule has 0 radical (unpaired) electrons. The van der Waals surface area contributed by atoms with Crippen LogP contribution < -0.4 is 15.4 Å². The zero-order valence-electron chi connectivity index (χ0n) is 19.1. The lowest BCUT2D eigenvalue weighted by Gasteiger charge is -2.21. The van der Waals surface area contributed by atoms with Crippen LogP contribution >= 0.6 is 0 Å². The SMILES string of the molecule is COc1ccc(NC(C)=O)c(NC(=O)CN2C[C@H]3CC[C@H](Cc4ccc(C)cn4)[C@H]3C2)c1. The van der Waals surface area contributed by atoms with E-state index in [4.69, 9.17) is 4.74 Å². The molecule has 3 atom stereocenters. The van der Waals surface area contributed by atoms with E-state index in [1.54, 1.807) is 25.3 Å². The third-order valence-corrected chi connectivity index (χ3v) is 6.70. The molecule has 1 saturated heterocycles. The zero-order chi connectivity index (χ0) is 22.7. The van der Waals surface area contributed by atoms with E-state index in [2.05, 4.69) is 39.6 Å². The van der Waals surface area contributed by atoms with Crippen LogP contribution in [-0.4, -0.2) is 48.4 Å². The molecule has 2 fully saturated rings. The van der Waals surface area contributed by atoms with Crippen LogP contribution in [0, 0.1) is 24.7 Å². The molecule has 170 valence electrons. The summed E-state index contributed by atoms with van der Waals surface area (Å²) in [6.07, 6.45) is 5.43. The standard InChI is InChI=1S/C25H32N4O3/c1-16-4-7-20(26-12-16)10-18-5-6-19-13-29(14-22(18)19)15-25(31)28-24-11-21(32-3)8-9-23(24)27-17(2)30/h4,7-9,11-12,18-19,22H,5-6,10,13-15H2,1-3H3,(H,27,30)(H,28,31)/t18-,19-,22-/m1/s1. The summed E-state index contributed by atoms with van der Waals surface area (Å²) in [6, 6.07) is 9.50. The lowest BCUT2D eigenvalue weighted by atomic mass is 9.89. The molecule has 1 aromatic carbocycles. The number of likely N-dealkylation sites (tertiary alicyclic amines) is 1. The first-order valence-corrected chi connectivity index (χ1v) is 11.3. The van der Waals surface area contributed by atoms with Crippen molar-refractivity contribution >= 4 is 23.2 Å². The number of carbonyl (C=O) groups is 2. The highest BCUT2D eigenvalue weighted by molar-refractivity contribution is 5.99. The van der Waals surface area contributed by atoms with Gasteiger partial charge in [0.15, 0.2) is 0 Å². The van der Waals surface area contributed by atoms with E-state index < -0.39 is 0 Å². The first-order valence-electron chi connectivity index (χ1n) is 11.3. The Morgan fingerprint density at radius 3 is 2.69 bits per heavy atom. The number of pyridine rings is 1. The molecule has 7 heteroatoms. The first kappa shape index (κ1) is 22.3. The van der Waals surface area contributed by atoms with Crippen LogP contribution in [0.15, 0.2) is 36.5 Å². The van der Waals surface area contributed by atoms with Crippen molar-refractivity contribution in [3.8, 4) is 5.75 Å². The molecule has 1 aliphatic carbocycles. The number of methoxy groups -OCH3 is 1. The largest absolute Gasteiger partial charge is 0.497 e. The Hall–Kier alpha value is -2.93. The van der Waals surface area contributed by atoms with Gasteiger partial charge in [0.1, 0.15) is 5.75 Å². The quantitative estimate of drug-likeness (QED) is 0.694. The number of aryl methyl sites for hydroxylation is 1. The lowest BCUT2D eigenvalue weighted by Crippen LogP contribution is -2.33. The van der Waals surface area contributed by atoms with Crippen molar-refractivity contribution in [1.29, 1.82) is 0 Å². The number of nitrogens with zero attached hydrogens (tertiary/aromatic N) is 2. The predicted molar refractivity (Wildman–Crippen MR) is 125 cm³/mol. The van der Waals surface area contributed by atoms with E-state index in [0.717, 1.165) is 19.5 Å². The lowest BCUT2D eigenvalue weighted by molar-refractivity contribution is -0.117. The molecule has 2 aromatic rings. The maximum absolute atomic E-state index is 12.8. The number of fused-ring (bicyclic) bond motifs is 1. The fourth-order valence-electron chi connectivity index (χ4n) is 5.19. The van der Waals surface area contributed by atoms with E-state index in [0.29, 0.717) is 41.4 Å². The molecule has 0 spiro atoms. The van der Waals surface area contributed by atoms with Crippen molar-refractivity contribution < 1.29 is 14.3 Å². The predicted octanol–water partition coefficient (Wildman–Crippen LogP) is 3.50. The summed E-state index contributed by atoms with van der Waals surface area (Å²) in [5, 5.41) is 5.71. The van der Waals surface area contributed by atoms with E-state index in [9.17, 15) is 9.59 Å². The third-order valence-electron chi connectivity index (χ3n) is 6.70. The molecule has 2 aliphatic rings. The smallest absolute Gasteiger partial charge is 0.238 e. The Bertz CT molecular complexity index is 976. The number of rotatable bonds is 7. The summed E-state index contributed by atoms with van der Waals surface area (Å²) in [5.41, 5.74) is 3.47. The second-order valence-corrected chi connectivity index (χ2v) is 9.13. The molecular formula is C25H32N4O3. The summed E-state index contributed by atoms with van der Waals surface area (Å²) in [4.78, 5) is 31.2. The van der Waals surface area contributed by atoms with Gasteiger partial charge in [-0.2, -0.15) is 0 Å². The summed E-state index contributed by atoms with van der Waals surface area (Å²) >= 11 is 0. The summed E-state index contributed by atoms with van der Waals surface area (Å²) < 4.78 is 5.27. The van der Waals surface area contributed by atoms with Crippen molar-refractivity contribution in [2.75, 3.05) is 37.4 Å². The Morgan fingerprint density at radius 1 is 1.12 bits per heavy atom. The normalized spacial score (nSPS) is 22.4. The number of aromatic nitrogens is 1. The van der Waals surface area contributed by atoms with Crippen molar-refractivity contribution in [2.45, 2.75) is 33.1 Å². The minimum atomic E-state index is -0.188. The Balaban J connectivity index is 1.35. The highest BCUT2D eigenvalue weighted by atomic mass is 16.5. The van der Waals surface area contributed by atoms with Crippen molar-refractivity contribution in [3.05, 3.63) is 47.8 Å². The van der Waals surface area contributed by atoms with Gasteiger partial charge >= 0.3 is 0 Å². The van der Waals surface area contributed by atoms with E-state index in [1.807, 2.05) is 6.20 Å². The average molecular weight is 437 g/mol. The number of nitrogens with one attached hydrogen (secondary N) is 2. The van der Waals surface area contributed by atoms with E-state index >= 15 is 0 Å². The fourth-order valence-corrected chi connectivity index (χ4v) is 5.19. The maximum Gasteiger partial charge on any atom is 0.238 e. The first-order chi connectivity index (χ1) is 15.4. The average Bonchev–Trinajstić information content (AvgIpc) is 3.31. The molecule has 2 N–H and O–H groups in total. The zero-order valence-corrected chi connectivity index (χ0v) is 19.1. The van der Waals surface area contributed by atoms with Gasteiger partial charge in [-0.3, -0.25) is 19.5 Å². The second-order valence-electron chi connectivity index (χ2n) is 9.13. The van der Waals surface area contributed by atoms with Gasteiger partial charge in [-0.05, 0) is 67.7 Å². The van der Waals surface area contributed by atoms with Gasteiger partial charge in [0, 0.05) is 38.0 Å². The number of ether oxygens (including phenoxy) is 1. The fraction of sp³-hybridized carbons (Fsp3) is 0.480. The van der Waals surface area contributed by atoms with E-state index in [1.165, 1.54) is 31.0 Å². The number of carbonyl (C=O) groups excluding carboxylic acids is 2. The highest BCUT2D eigenvalue weighted by Gasteiger charge is 2.42. The second kappa shape index (κ2) is 9.69. The topological polar surface area (TPSA) is 83.6 Å². The monoisotopic (exact) mass is 436 g/mol. The van der Waals surface area contributed by atoms with Gasteiger partial charge < -0.3 is 15.4 Å². The van der Waals surface area contributed by atoms with E-state index in [-0.39, 0.29) is 11.8 Å². The van der Waals surface area contributed by atoms with Crippen molar-refractivity contribution in [3.63, 3.8) is 0 Å². The Kier molecular flexibility index (Phi) is 6.74. The molecule has 0 unspecified atom stereocenters.